The molecule has 3 aromatic heterocycles. The van der Waals surface area contributed by atoms with Gasteiger partial charge < -0.3 is 39.1 Å². The number of hydrogen-bond acceptors (Lipinski definition) is 10. The zero-order chi connectivity index (χ0) is 26.1. The highest BCUT2D eigenvalue weighted by atomic mass is 35.5. The predicted octanol–water partition coefficient (Wildman–Crippen LogP) is 2.14. The maximum absolute atomic E-state index is 9.94. The number of halogens is 1. The van der Waals surface area contributed by atoms with E-state index in [0.29, 0.717) is 61.5 Å². The van der Waals surface area contributed by atoms with Crippen LogP contribution in [-0.4, -0.2) is 94.4 Å². The van der Waals surface area contributed by atoms with Crippen LogP contribution in [0.2, 0.25) is 5.02 Å². The Hall–Kier alpha value is -3.00. The van der Waals surface area contributed by atoms with E-state index in [1.54, 1.807) is 13.2 Å². The summed E-state index contributed by atoms with van der Waals surface area (Å²) >= 11 is 6.54. The zero-order valence-electron chi connectivity index (χ0n) is 20.8. The van der Waals surface area contributed by atoms with Crippen LogP contribution in [0.25, 0.3) is 22.1 Å². The van der Waals surface area contributed by atoms with E-state index in [1.807, 2.05) is 28.9 Å². The van der Waals surface area contributed by atoms with Crippen molar-refractivity contribution < 1.29 is 28.8 Å². The standard InChI is InChI=1S/C25H29ClN6O6/c1-34-8-9-35-7-6-32-18-5-3-2-4-14(18)17(31-32)11-27-23-15(26)10-16-24(29-23)30-25(28-16)38-20-13-37-21-19(33)12-36-22(20)21/h2-5,10,19-22,33H,6-9,11-13H2,1H3,(H2,27,28,29,30)/t19-,20-,21?,22-/m1/s1. The lowest BCUT2D eigenvalue weighted by Gasteiger charge is -2.15. The Morgan fingerprint density at radius 2 is 2.03 bits per heavy atom. The maximum Gasteiger partial charge on any atom is 0.296 e. The van der Waals surface area contributed by atoms with Crippen molar-refractivity contribution in [1.29, 1.82) is 0 Å². The number of aromatic nitrogens is 5. The second kappa shape index (κ2) is 11.0. The molecule has 0 aliphatic carbocycles. The Morgan fingerprint density at radius 3 is 2.92 bits per heavy atom. The van der Waals surface area contributed by atoms with Crippen LogP contribution in [-0.2, 0) is 32.0 Å². The summed E-state index contributed by atoms with van der Waals surface area (Å²) in [6.45, 7) is 3.24. The lowest BCUT2D eigenvalue weighted by Crippen LogP contribution is -2.34. The number of imidazole rings is 1. The number of pyridine rings is 1. The predicted molar refractivity (Wildman–Crippen MR) is 139 cm³/mol. The van der Waals surface area contributed by atoms with Gasteiger partial charge in [0.1, 0.15) is 24.1 Å². The molecule has 0 saturated carbocycles. The molecule has 38 heavy (non-hydrogen) atoms. The van der Waals surface area contributed by atoms with E-state index < -0.39 is 6.10 Å². The number of nitrogens with zero attached hydrogens (tertiary/aromatic N) is 4. The molecule has 6 rings (SSSR count). The van der Waals surface area contributed by atoms with E-state index in [9.17, 15) is 5.11 Å². The van der Waals surface area contributed by atoms with Gasteiger partial charge in [0.05, 0.1) is 67.9 Å². The molecule has 3 N–H and O–H groups in total. The Balaban J connectivity index is 1.14. The molecule has 5 heterocycles. The molecular weight excluding hydrogens is 516 g/mol. The number of fused-ring (bicyclic) bond motifs is 3. The second-order valence-corrected chi connectivity index (χ2v) is 9.60. The molecule has 2 aliphatic heterocycles. The molecule has 0 spiro atoms. The molecule has 2 saturated heterocycles. The average molecular weight is 545 g/mol. The third-order valence-corrected chi connectivity index (χ3v) is 6.97. The summed E-state index contributed by atoms with van der Waals surface area (Å²) in [5.41, 5.74) is 3.00. The van der Waals surface area contributed by atoms with E-state index in [0.717, 1.165) is 16.6 Å². The molecule has 0 bridgehead atoms. The van der Waals surface area contributed by atoms with Gasteiger partial charge in [-0.15, -0.1) is 0 Å². The van der Waals surface area contributed by atoms with E-state index >= 15 is 0 Å². The lowest BCUT2D eigenvalue weighted by molar-refractivity contribution is 0.00706. The van der Waals surface area contributed by atoms with Crippen LogP contribution >= 0.6 is 11.6 Å². The third kappa shape index (κ3) is 5.03. The van der Waals surface area contributed by atoms with Crippen molar-refractivity contribution in [3.63, 3.8) is 0 Å². The number of methoxy groups -OCH3 is 1. The highest BCUT2D eigenvalue weighted by Crippen LogP contribution is 2.31. The highest BCUT2D eigenvalue weighted by molar-refractivity contribution is 6.33. The number of nitrogens with one attached hydrogen (secondary N) is 2. The van der Waals surface area contributed by atoms with Gasteiger partial charge in [-0.25, -0.2) is 4.98 Å². The molecule has 202 valence electrons. The molecule has 2 fully saturated rings. The van der Waals surface area contributed by atoms with Crippen LogP contribution in [0.15, 0.2) is 30.3 Å². The van der Waals surface area contributed by atoms with E-state index in [2.05, 4.69) is 20.3 Å². The van der Waals surface area contributed by atoms with Crippen molar-refractivity contribution in [2.75, 3.05) is 45.5 Å². The number of rotatable bonds is 11. The van der Waals surface area contributed by atoms with Gasteiger partial charge in [0, 0.05) is 12.5 Å². The van der Waals surface area contributed by atoms with E-state index in [-0.39, 0.29) is 30.9 Å². The lowest BCUT2D eigenvalue weighted by atomic mass is 10.1. The largest absolute Gasteiger partial charge is 0.456 e. The normalized spacial score (nSPS) is 22.9. The van der Waals surface area contributed by atoms with Gasteiger partial charge in [-0.2, -0.15) is 10.1 Å². The quantitative estimate of drug-likeness (QED) is 0.241. The van der Waals surface area contributed by atoms with Crippen LogP contribution in [0, 0.1) is 0 Å². The Labute approximate surface area is 223 Å². The molecule has 0 amide bonds. The van der Waals surface area contributed by atoms with E-state index in [1.165, 1.54) is 0 Å². The van der Waals surface area contributed by atoms with Gasteiger partial charge in [-0.3, -0.25) is 4.68 Å². The summed E-state index contributed by atoms with van der Waals surface area (Å²) in [5.74, 6) is 0.491. The Morgan fingerprint density at radius 1 is 1.16 bits per heavy atom. The smallest absolute Gasteiger partial charge is 0.296 e. The number of anilines is 1. The molecule has 1 aromatic carbocycles. The number of H-pyrrole nitrogens is 1. The first-order chi connectivity index (χ1) is 18.6. The monoisotopic (exact) mass is 544 g/mol. The van der Waals surface area contributed by atoms with Crippen molar-refractivity contribution in [3.05, 3.63) is 41.0 Å². The summed E-state index contributed by atoms with van der Waals surface area (Å²) in [6, 6.07) is 10.1. The molecule has 1 unspecified atom stereocenters. The van der Waals surface area contributed by atoms with Gasteiger partial charge in [-0.1, -0.05) is 29.8 Å². The van der Waals surface area contributed by atoms with Gasteiger partial charge >= 0.3 is 0 Å². The highest BCUT2D eigenvalue weighted by Gasteiger charge is 2.48. The number of para-hydroxylation sites is 1. The van der Waals surface area contributed by atoms with Crippen LogP contribution in [0.4, 0.5) is 5.82 Å². The first-order valence-corrected chi connectivity index (χ1v) is 12.9. The minimum atomic E-state index is -0.642. The third-order valence-electron chi connectivity index (χ3n) is 6.69. The minimum Gasteiger partial charge on any atom is -0.456 e. The van der Waals surface area contributed by atoms with Crippen molar-refractivity contribution in [3.8, 4) is 6.01 Å². The van der Waals surface area contributed by atoms with Gasteiger partial charge in [-0.05, 0) is 12.1 Å². The molecular formula is C25H29ClN6O6. The van der Waals surface area contributed by atoms with Crippen molar-refractivity contribution in [2.24, 2.45) is 0 Å². The molecule has 12 nitrogen and oxygen atoms in total. The van der Waals surface area contributed by atoms with Crippen LogP contribution in [0.1, 0.15) is 5.69 Å². The van der Waals surface area contributed by atoms with Gasteiger partial charge in [0.25, 0.3) is 6.01 Å². The number of ether oxygens (including phenoxy) is 5. The number of benzene rings is 1. The Bertz CT molecular complexity index is 1410. The minimum absolute atomic E-state index is 0.233. The topological polar surface area (TPSA) is 138 Å². The summed E-state index contributed by atoms with van der Waals surface area (Å²) in [7, 11) is 1.65. The van der Waals surface area contributed by atoms with Gasteiger partial charge in [0.2, 0.25) is 0 Å². The summed E-state index contributed by atoms with van der Waals surface area (Å²) in [6.07, 6.45) is -1.73. The second-order valence-electron chi connectivity index (χ2n) is 9.20. The maximum atomic E-state index is 9.94. The molecule has 0 radical (unpaired) electrons. The molecule has 2 aliphatic rings. The van der Waals surface area contributed by atoms with Crippen molar-refractivity contribution in [2.45, 2.75) is 37.5 Å². The summed E-state index contributed by atoms with van der Waals surface area (Å²) in [4.78, 5) is 12.2. The molecule has 13 heteroatoms. The van der Waals surface area contributed by atoms with Crippen molar-refractivity contribution >= 4 is 39.5 Å². The Kier molecular flexibility index (Phi) is 7.32. The van der Waals surface area contributed by atoms with E-state index in [4.69, 9.17) is 40.4 Å². The van der Waals surface area contributed by atoms with Crippen LogP contribution < -0.4 is 10.1 Å². The fraction of sp³-hybridized carbons (Fsp3) is 0.480. The number of aliphatic hydroxyl groups is 1. The fourth-order valence-corrected chi connectivity index (χ4v) is 5.04. The first-order valence-electron chi connectivity index (χ1n) is 12.5. The summed E-state index contributed by atoms with van der Waals surface area (Å²) < 4.78 is 29.8. The summed E-state index contributed by atoms with van der Waals surface area (Å²) in [5, 5.41) is 19.5. The number of hydrogen-bond donors (Lipinski definition) is 3. The van der Waals surface area contributed by atoms with Crippen molar-refractivity contribution in [1.82, 2.24) is 24.7 Å². The average Bonchev–Trinajstić information content (AvgIpc) is 3.68. The molecule has 4 atom stereocenters. The number of aliphatic hydroxyl groups excluding tert-OH is 1. The SMILES string of the molecule is COCCOCCn1nc(CNc2nc3nc(O[C@@H]4COC5[C@H](O)CO[C@@H]54)[nH]c3cc2Cl)c2ccccc21. The zero-order valence-corrected chi connectivity index (χ0v) is 21.6. The number of aromatic amines is 1. The van der Waals surface area contributed by atoms with Crippen LogP contribution in [0.5, 0.6) is 6.01 Å². The first kappa shape index (κ1) is 25.3. The fourth-order valence-electron chi connectivity index (χ4n) is 4.82. The van der Waals surface area contributed by atoms with Crippen LogP contribution in [0.3, 0.4) is 0 Å². The van der Waals surface area contributed by atoms with Gasteiger partial charge in [0.15, 0.2) is 11.8 Å². The molecule has 4 aromatic rings.